The van der Waals surface area contributed by atoms with E-state index in [9.17, 15) is 0 Å². The van der Waals surface area contributed by atoms with Crippen LogP contribution in [0, 0.1) is 12.3 Å². The van der Waals surface area contributed by atoms with Crippen molar-refractivity contribution in [3.63, 3.8) is 0 Å². The zero-order chi connectivity index (χ0) is 12.0. The van der Waals surface area contributed by atoms with E-state index in [-0.39, 0.29) is 0 Å². The second kappa shape index (κ2) is 6.57. The van der Waals surface area contributed by atoms with Crippen molar-refractivity contribution in [2.75, 3.05) is 12.3 Å². The molecular formula is C11H21N3S2. The number of thioether (sulfide) groups is 1. The molecule has 0 saturated heterocycles. The largest absolute Gasteiger partial charge is 0.330 e. The summed E-state index contributed by atoms with van der Waals surface area (Å²) in [5, 5.41) is 0. The molecule has 1 heterocycles. The summed E-state index contributed by atoms with van der Waals surface area (Å²) in [6.45, 7) is 7.17. The van der Waals surface area contributed by atoms with Crippen molar-refractivity contribution in [1.82, 2.24) is 9.36 Å². The quantitative estimate of drug-likeness (QED) is 0.604. The van der Waals surface area contributed by atoms with E-state index in [1.807, 2.05) is 18.7 Å². The Morgan fingerprint density at radius 1 is 1.38 bits per heavy atom. The van der Waals surface area contributed by atoms with Crippen molar-refractivity contribution in [3.8, 4) is 0 Å². The number of nitrogens with two attached hydrogens (primary N) is 1. The average molecular weight is 259 g/mol. The maximum absolute atomic E-state index is 5.69. The Kier molecular flexibility index (Phi) is 5.72. The first-order valence-electron chi connectivity index (χ1n) is 5.67. The fourth-order valence-corrected chi connectivity index (χ4v) is 3.02. The first-order valence-corrected chi connectivity index (χ1v) is 7.42. The van der Waals surface area contributed by atoms with E-state index < -0.39 is 0 Å². The topological polar surface area (TPSA) is 51.8 Å². The molecule has 0 saturated carbocycles. The normalized spacial score (nSPS) is 12.0. The van der Waals surface area contributed by atoms with Gasteiger partial charge in [-0.3, -0.25) is 0 Å². The van der Waals surface area contributed by atoms with Gasteiger partial charge in [0.2, 0.25) is 0 Å². The first kappa shape index (κ1) is 13.9. The highest BCUT2D eigenvalue weighted by Crippen LogP contribution is 2.24. The van der Waals surface area contributed by atoms with Crippen molar-refractivity contribution < 1.29 is 0 Å². The summed E-state index contributed by atoms with van der Waals surface area (Å²) in [5.74, 6) is 2.02. The molecule has 16 heavy (non-hydrogen) atoms. The van der Waals surface area contributed by atoms with Gasteiger partial charge in [-0.05, 0) is 43.3 Å². The molecule has 0 radical (unpaired) electrons. The van der Waals surface area contributed by atoms with E-state index in [1.165, 1.54) is 30.8 Å². The lowest BCUT2D eigenvalue weighted by molar-refractivity contribution is 0.336. The molecule has 0 unspecified atom stereocenters. The van der Waals surface area contributed by atoms with Crippen LogP contribution in [0.5, 0.6) is 0 Å². The number of aromatic nitrogens is 2. The monoisotopic (exact) mass is 259 g/mol. The van der Waals surface area contributed by atoms with Gasteiger partial charge in [-0.25, -0.2) is 4.98 Å². The Hall–Kier alpha value is -0.130. The minimum atomic E-state index is 0.296. The van der Waals surface area contributed by atoms with Crippen molar-refractivity contribution in [2.24, 2.45) is 11.1 Å². The average Bonchev–Trinajstić information content (AvgIpc) is 2.64. The Bertz CT molecular complexity index is 310. The third-order valence-electron chi connectivity index (χ3n) is 2.53. The van der Waals surface area contributed by atoms with Crippen LogP contribution in [0.15, 0.2) is 4.34 Å². The Morgan fingerprint density at radius 3 is 2.69 bits per heavy atom. The molecule has 3 nitrogen and oxygen atoms in total. The first-order chi connectivity index (χ1) is 7.53. The van der Waals surface area contributed by atoms with Gasteiger partial charge < -0.3 is 5.73 Å². The molecule has 5 heteroatoms. The third-order valence-corrected chi connectivity index (χ3v) is 4.55. The third kappa shape index (κ3) is 5.27. The Balaban J connectivity index is 2.08. The molecule has 0 atom stereocenters. The Labute approximate surface area is 106 Å². The predicted octanol–water partition coefficient (Wildman–Crippen LogP) is 3.09. The zero-order valence-corrected chi connectivity index (χ0v) is 12.0. The summed E-state index contributed by atoms with van der Waals surface area (Å²) in [7, 11) is 0. The zero-order valence-electron chi connectivity index (χ0n) is 10.3. The van der Waals surface area contributed by atoms with Crippen LogP contribution in [0.4, 0.5) is 0 Å². The van der Waals surface area contributed by atoms with Crippen LogP contribution in [0.1, 0.15) is 38.9 Å². The van der Waals surface area contributed by atoms with E-state index in [4.69, 9.17) is 5.73 Å². The highest BCUT2D eigenvalue weighted by molar-refractivity contribution is 8.00. The van der Waals surface area contributed by atoms with Gasteiger partial charge >= 0.3 is 0 Å². The van der Waals surface area contributed by atoms with Gasteiger partial charge in [0.1, 0.15) is 5.82 Å². The summed E-state index contributed by atoms with van der Waals surface area (Å²) in [6, 6.07) is 0. The molecule has 0 spiro atoms. The van der Waals surface area contributed by atoms with Gasteiger partial charge in [0.15, 0.2) is 4.34 Å². The van der Waals surface area contributed by atoms with Crippen molar-refractivity contribution in [3.05, 3.63) is 5.82 Å². The molecule has 1 aromatic heterocycles. The maximum Gasteiger partial charge on any atom is 0.170 e. The number of hydrogen-bond acceptors (Lipinski definition) is 5. The van der Waals surface area contributed by atoms with Crippen LogP contribution < -0.4 is 5.73 Å². The second-order valence-corrected chi connectivity index (χ2v) is 6.88. The predicted molar refractivity (Wildman–Crippen MR) is 72.1 cm³/mol. The number of aryl methyl sites for hydroxylation is 1. The van der Waals surface area contributed by atoms with Gasteiger partial charge in [-0.1, -0.05) is 32.0 Å². The number of nitrogens with zero attached hydrogens (tertiary/aromatic N) is 2. The Morgan fingerprint density at radius 2 is 2.12 bits per heavy atom. The van der Waals surface area contributed by atoms with Gasteiger partial charge in [0, 0.05) is 5.75 Å². The summed E-state index contributed by atoms with van der Waals surface area (Å²) in [4.78, 5) is 4.32. The molecule has 1 aromatic rings. The fourth-order valence-electron chi connectivity index (χ4n) is 1.30. The number of unbranched alkanes of at least 4 members (excludes halogenated alkanes) is 1. The number of hydrogen-bond donors (Lipinski definition) is 1. The van der Waals surface area contributed by atoms with Gasteiger partial charge in [0.05, 0.1) is 0 Å². The van der Waals surface area contributed by atoms with Crippen LogP contribution in [-0.4, -0.2) is 21.7 Å². The van der Waals surface area contributed by atoms with Gasteiger partial charge in [-0.2, -0.15) is 4.37 Å². The van der Waals surface area contributed by atoms with Crippen LogP contribution in [0.25, 0.3) is 0 Å². The molecule has 0 amide bonds. The minimum Gasteiger partial charge on any atom is -0.330 e. The molecular weight excluding hydrogens is 238 g/mol. The van der Waals surface area contributed by atoms with Gasteiger partial charge in [0.25, 0.3) is 0 Å². The molecule has 2 N–H and O–H groups in total. The van der Waals surface area contributed by atoms with E-state index in [2.05, 4.69) is 23.2 Å². The van der Waals surface area contributed by atoms with Crippen LogP contribution in [0.3, 0.4) is 0 Å². The summed E-state index contributed by atoms with van der Waals surface area (Å²) < 4.78 is 5.25. The van der Waals surface area contributed by atoms with Crippen molar-refractivity contribution in [2.45, 2.75) is 44.4 Å². The van der Waals surface area contributed by atoms with Crippen molar-refractivity contribution in [1.29, 1.82) is 0 Å². The lowest BCUT2D eigenvalue weighted by Crippen LogP contribution is -2.23. The molecule has 0 aliphatic carbocycles. The van der Waals surface area contributed by atoms with Crippen LogP contribution in [0.2, 0.25) is 0 Å². The minimum absolute atomic E-state index is 0.296. The summed E-state index contributed by atoms with van der Waals surface area (Å²) >= 11 is 3.31. The molecule has 0 fully saturated rings. The fraction of sp³-hybridized carbons (Fsp3) is 0.818. The molecule has 92 valence electrons. The van der Waals surface area contributed by atoms with Crippen LogP contribution >= 0.6 is 23.3 Å². The SMILES string of the molecule is Cc1nsc(SCCCCC(C)(C)CN)n1. The standard InChI is InChI=1S/C11H21N3S2/c1-9-13-10(16-14-9)15-7-5-4-6-11(2,3)8-12/h4-8,12H2,1-3H3. The second-order valence-electron chi connectivity index (χ2n) is 4.78. The van der Waals surface area contributed by atoms with E-state index in [1.54, 1.807) is 0 Å². The summed E-state index contributed by atoms with van der Waals surface area (Å²) in [5.41, 5.74) is 5.99. The van der Waals surface area contributed by atoms with E-state index in [0.29, 0.717) is 5.41 Å². The van der Waals surface area contributed by atoms with Crippen molar-refractivity contribution >= 4 is 23.3 Å². The van der Waals surface area contributed by atoms with Crippen LogP contribution in [-0.2, 0) is 0 Å². The lowest BCUT2D eigenvalue weighted by atomic mass is 9.88. The van der Waals surface area contributed by atoms with Gasteiger partial charge in [-0.15, -0.1) is 0 Å². The molecule has 0 aliphatic heterocycles. The highest BCUT2D eigenvalue weighted by Gasteiger charge is 2.14. The molecule has 1 rings (SSSR count). The maximum atomic E-state index is 5.69. The van der Waals surface area contributed by atoms with E-state index >= 15 is 0 Å². The van der Waals surface area contributed by atoms with E-state index in [0.717, 1.165) is 22.5 Å². The number of rotatable bonds is 7. The molecule has 0 bridgehead atoms. The highest BCUT2D eigenvalue weighted by atomic mass is 32.2. The summed E-state index contributed by atoms with van der Waals surface area (Å²) in [6.07, 6.45) is 3.68. The molecule has 0 aromatic carbocycles. The lowest BCUT2D eigenvalue weighted by Gasteiger charge is -2.21. The molecule has 0 aliphatic rings. The smallest absolute Gasteiger partial charge is 0.170 e.